The van der Waals surface area contributed by atoms with Crippen molar-refractivity contribution in [2.24, 2.45) is 0 Å². The van der Waals surface area contributed by atoms with Crippen molar-refractivity contribution in [3.8, 4) is 5.75 Å². The van der Waals surface area contributed by atoms with Crippen LogP contribution in [-0.4, -0.2) is 25.1 Å². The van der Waals surface area contributed by atoms with Crippen molar-refractivity contribution in [3.63, 3.8) is 0 Å². The van der Waals surface area contributed by atoms with E-state index in [2.05, 4.69) is 15.9 Å². The molecule has 0 radical (unpaired) electrons. The van der Waals surface area contributed by atoms with E-state index in [9.17, 15) is 4.79 Å². The number of rotatable bonds is 5. The van der Waals surface area contributed by atoms with Crippen molar-refractivity contribution in [3.05, 3.63) is 28.2 Å². The molecule has 0 spiro atoms. The minimum atomic E-state index is -0.682. The van der Waals surface area contributed by atoms with Crippen LogP contribution < -0.4 is 4.74 Å². The molecule has 0 aromatic heterocycles. The first-order valence-electron chi connectivity index (χ1n) is 5.21. The number of hydrogen-bond acceptors (Lipinski definition) is 3. The highest BCUT2D eigenvalue weighted by molar-refractivity contribution is 9.10. The molecule has 1 aromatic carbocycles. The lowest BCUT2D eigenvalue weighted by Gasteiger charge is -2.11. The summed E-state index contributed by atoms with van der Waals surface area (Å²) in [6, 6.07) is 5.54. The minimum absolute atomic E-state index is 0.335. The van der Waals surface area contributed by atoms with Gasteiger partial charge in [-0.25, -0.2) is 0 Å². The Labute approximate surface area is 114 Å². The maximum Gasteiger partial charge on any atom is 0.324 e. The van der Waals surface area contributed by atoms with Gasteiger partial charge < -0.3 is 9.47 Å². The zero-order valence-corrected chi connectivity index (χ0v) is 12.0. The fraction of sp³-hybridized carbons (Fsp3) is 0.417. The number of benzene rings is 1. The Bertz CT molecular complexity index is 395. The van der Waals surface area contributed by atoms with Gasteiger partial charge in [-0.3, -0.25) is 4.79 Å². The standard InChI is InChI=1S/C12H14BrClO3/c1-3-17-12(15)11(14)7-8-6-9(16-2)4-5-10(8)13/h4-6,11H,3,7H2,1-2H3. The lowest BCUT2D eigenvalue weighted by atomic mass is 10.1. The largest absolute Gasteiger partial charge is 0.497 e. The smallest absolute Gasteiger partial charge is 0.324 e. The summed E-state index contributed by atoms with van der Waals surface area (Å²) >= 11 is 9.39. The number of halogens is 2. The van der Waals surface area contributed by atoms with E-state index in [4.69, 9.17) is 21.1 Å². The first-order valence-corrected chi connectivity index (χ1v) is 6.44. The number of methoxy groups -OCH3 is 1. The Kier molecular flexibility index (Phi) is 5.78. The topological polar surface area (TPSA) is 35.5 Å². The summed E-state index contributed by atoms with van der Waals surface area (Å²) in [6.45, 7) is 2.09. The Morgan fingerprint density at radius 1 is 1.53 bits per heavy atom. The third-order valence-corrected chi connectivity index (χ3v) is 3.30. The van der Waals surface area contributed by atoms with E-state index in [1.807, 2.05) is 18.2 Å². The van der Waals surface area contributed by atoms with Crippen molar-refractivity contribution >= 4 is 33.5 Å². The van der Waals surface area contributed by atoms with Gasteiger partial charge in [-0.2, -0.15) is 0 Å². The second-order valence-corrected chi connectivity index (χ2v) is 4.76. The van der Waals surface area contributed by atoms with Gasteiger partial charge in [0.2, 0.25) is 0 Å². The predicted octanol–water partition coefficient (Wildman–Crippen LogP) is 3.17. The van der Waals surface area contributed by atoms with Crippen LogP contribution in [0.25, 0.3) is 0 Å². The number of carbonyl (C=O) groups is 1. The van der Waals surface area contributed by atoms with Gasteiger partial charge in [-0.05, 0) is 30.7 Å². The third kappa shape index (κ3) is 4.21. The van der Waals surface area contributed by atoms with E-state index in [-0.39, 0.29) is 0 Å². The van der Waals surface area contributed by atoms with Crippen molar-refractivity contribution in [2.75, 3.05) is 13.7 Å². The summed E-state index contributed by atoms with van der Waals surface area (Å²) in [7, 11) is 1.59. The minimum Gasteiger partial charge on any atom is -0.497 e. The fourth-order valence-electron chi connectivity index (χ4n) is 1.34. The van der Waals surface area contributed by atoms with Gasteiger partial charge in [0.15, 0.2) is 0 Å². The SMILES string of the molecule is CCOC(=O)C(Cl)Cc1cc(OC)ccc1Br. The number of alkyl halides is 1. The lowest BCUT2D eigenvalue weighted by Crippen LogP contribution is -2.20. The highest BCUT2D eigenvalue weighted by atomic mass is 79.9. The Hall–Kier alpha value is -0.740. The molecule has 5 heteroatoms. The number of hydrogen-bond donors (Lipinski definition) is 0. The van der Waals surface area contributed by atoms with Gasteiger partial charge >= 0.3 is 5.97 Å². The average molecular weight is 322 g/mol. The van der Waals surface area contributed by atoms with Gasteiger partial charge in [0.1, 0.15) is 11.1 Å². The Balaban J connectivity index is 2.76. The second kappa shape index (κ2) is 6.87. The molecule has 0 saturated carbocycles. The Morgan fingerprint density at radius 2 is 2.24 bits per heavy atom. The molecule has 0 heterocycles. The van der Waals surface area contributed by atoms with Crippen LogP contribution in [0.1, 0.15) is 12.5 Å². The normalized spacial score (nSPS) is 12.0. The van der Waals surface area contributed by atoms with E-state index in [1.54, 1.807) is 14.0 Å². The van der Waals surface area contributed by atoms with E-state index >= 15 is 0 Å². The molecule has 1 rings (SSSR count). The Morgan fingerprint density at radius 3 is 2.82 bits per heavy atom. The van der Waals surface area contributed by atoms with Crippen LogP contribution in [0.2, 0.25) is 0 Å². The molecule has 0 aliphatic rings. The summed E-state index contributed by atoms with van der Waals surface area (Å²) < 4.78 is 10.9. The molecule has 0 N–H and O–H groups in total. The van der Waals surface area contributed by atoms with E-state index < -0.39 is 11.3 Å². The van der Waals surface area contributed by atoms with Crippen LogP contribution in [0.5, 0.6) is 5.75 Å². The quantitative estimate of drug-likeness (QED) is 0.617. The summed E-state index contributed by atoms with van der Waals surface area (Å²) in [4.78, 5) is 11.4. The highest BCUT2D eigenvalue weighted by Gasteiger charge is 2.18. The molecule has 1 unspecified atom stereocenters. The molecular formula is C12H14BrClO3. The van der Waals surface area contributed by atoms with Crippen molar-refractivity contribution in [1.82, 2.24) is 0 Å². The molecule has 0 aliphatic heterocycles. The molecule has 0 amide bonds. The van der Waals surface area contributed by atoms with E-state index in [1.165, 1.54) is 0 Å². The highest BCUT2D eigenvalue weighted by Crippen LogP contribution is 2.24. The summed E-state index contributed by atoms with van der Waals surface area (Å²) in [6.07, 6.45) is 0.401. The predicted molar refractivity (Wildman–Crippen MR) is 70.7 cm³/mol. The number of ether oxygens (including phenoxy) is 2. The molecular weight excluding hydrogens is 307 g/mol. The van der Waals surface area contributed by atoms with Crippen molar-refractivity contribution in [1.29, 1.82) is 0 Å². The maximum atomic E-state index is 11.4. The summed E-state index contributed by atoms with van der Waals surface area (Å²) in [5, 5.41) is -0.682. The number of carbonyl (C=O) groups excluding carboxylic acids is 1. The molecule has 3 nitrogen and oxygen atoms in total. The van der Waals surface area contributed by atoms with Crippen LogP contribution in [0.4, 0.5) is 0 Å². The molecule has 0 fully saturated rings. The second-order valence-electron chi connectivity index (χ2n) is 3.38. The van der Waals surface area contributed by atoms with Gasteiger partial charge in [0.25, 0.3) is 0 Å². The molecule has 94 valence electrons. The van der Waals surface area contributed by atoms with Crippen LogP contribution in [0.15, 0.2) is 22.7 Å². The molecule has 17 heavy (non-hydrogen) atoms. The van der Waals surface area contributed by atoms with Gasteiger partial charge in [-0.1, -0.05) is 15.9 Å². The fourth-order valence-corrected chi connectivity index (χ4v) is 1.98. The molecule has 1 atom stereocenters. The summed E-state index contributed by atoms with van der Waals surface area (Å²) in [5.74, 6) is 0.333. The first-order chi connectivity index (χ1) is 8.08. The van der Waals surface area contributed by atoms with Gasteiger partial charge in [-0.15, -0.1) is 11.6 Å². The van der Waals surface area contributed by atoms with Crippen LogP contribution in [0, 0.1) is 0 Å². The van der Waals surface area contributed by atoms with Gasteiger partial charge in [0, 0.05) is 10.9 Å². The molecule has 0 aliphatic carbocycles. The zero-order valence-electron chi connectivity index (χ0n) is 9.70. The van der Waals surface area contributed by atoms with Crippen molar-refractivity contribution < 1.29 is 14.3 Å². The zero-order chi connectivity index (χ0) is 12.8. The summed E-state index contributed by atoms with van der Waals surface area (Å²) in [5.41, 5.74) is 0.914. The monoisotopic (exact) mass is 320 g/mol. The molecule has 0 saturated heterocycles. The van der Waals surface area contributed by atoms with Crippen LogP contribution >= 0.6 is 27.5 Å². The average Bonchev–Trinajstić information content (AvgIpc) is 2.32. The first kappa shape index (κ1) is 14.3. The van der Waals surface area contributed by atoms with Crippen molar-refractivity contribution in [2.45, 2.75) is 18.7 Å². The lowest BCUT2D eigenvalue weighted by molar-refractivity contribution is -0.142. The maximum absolute atomic E-state index is 11.4. The molecule has 0 bridgehead atoms. The van der Waals surface area contributed by atoms with Crippen LogP contribution in [-0.2, 0) is 16.0 Å². The van der Waals surface area contributed by atoms with E-state index in [0.717, 1.165) is 15.8 Å². The number of esters is 1. The molecule has 1 aromatic rings. The van der Waals surface area contributed by atoms with Crippen LogP contribution in [0.3, 0.4) is 0 Å². The van der Waals surface area contributed by atoms with Gasteiger partial charge in [0.05, 0.1) is 13.7 Å². The van der Waals surface area contributed by atoms with E-state index in [0.29, 0.717) is 13.0 Å². The third-order valence-electron chi connectivity index (χ3n) is 2.19.